The van der Waals surface area contributed by atoms with Crippen molar-refractivity contribution in [1.82, 2.24) is 19.7 Å². The predicted molar refractivity (Wildman–Crippen MR) is 102 cm³/mol. The third-order valence-electron chi connectivity index (χ3n) is 4.08. The van der Waals surface area contributed by atoms with Gasteiger partial charge in [0.15, 0.2) is 11.6 Å². The van der Waals surface area contributed by atoms with Crippen LogP contribution in [-0.2, 0) is 7.05 Å². The monoisotopic (exact) mass is 418 g/mol. The number of benzene rings is 2. The molecule has 2 aromatic carbocycles. The van der Waals surface area contributed by atoms with Crippen molar-refractivity contribution in [3.63, 3.8) is 0 Å². The van der Waals surface area contributed by atoms with Crippen LogP contribution in [0.2, 0.25) is 0 Å². The second kappa shape index (κ2) is 7.50. The molecule has 7 nitrogen and oxygen atoms in total. The van der Waals surface area contributed by atoms with Crippen LogP contribution in [0.4, 0.5) is 40.7 Å². The Balaban J connectivity index is 1.55. The van der Waals surface area contributed by atoms with E-state index < -0.39 is 17.9 Å². The lowest BCUT2D eigenvalue weighted by Gasteiger charge is -2.12. The molecule has 0 aliphatic carbocycles. The molecule has 0 atom stereocenters. The van der Waals surface area contributed by atoms with Crippen molar-refractivity contribution >= 4 is 34.0 Å². The minimum atomic E-state index is -4.83. The van der Waals surface area contributed by atoms with E-state index in [0.29, 0.717) is 5.69 Å². The maximum atomic E-state index is 14.1. The minimum absolute atomic E-state index is 0.102. The molecule has 11 heteroatoms. The zero-order valence-electron chi connectivity index (χ0n) is 15.4. The largest absolute Gasteiger partial charge is 0.573 e. The lowest BCUT2D eigenvalue weighted by molar-refractivity contribution is -0.274. The molecule has 0 aliphatic rings. The summed E-state index contributed by atoms with van der Waals surface area (Å²) >= 11 is 0. The van der Waals surface area contributed by atoms with Gasteiger partial charge in [0, 0.05) is 29.9 Å². The van der Waals surface area contributed by atoms with E-state index in [1.807, 2.05) is 19.2 Å². The van der Waals surface area contributed by atoms with Gasteiger partial charge in [-0.3, -0.25) is 4.68 Å². The van der Waals surface area contributed by atoms with Crippen molar-refractivity contribution in [3.05, 3.63) is 60.7 Å². The number of ether oxygens (including phenoxy) is 1. The Morgan fingerprint density at radius 2 is 1.80 bits per heavy atom. The van der Waals surface area contributed by atoms with Crippen LogP contribution in [-0.4, -0.2) is 26.1 Å². The average molecular weight is 418 g/mol. The van der Waals surface area contributed by atoms with E-state index in [-0.39, 0.29) is 17.5 Å². The van der Waals surface area contributed by atoms with Crippen LogP contribution in [0.25, 0.3) is 10.9 Å². The molecule has 4 rings (SSSR count). The minimum Gasteiger partial charge on any atom is -0.406 e. The molecule has 30 heavy (non-hydrogen) atoms. The Labute approximate surface area is 167 Å². The molecule has 0 spiro atoms. The number of hydrogen-bond donors (Lipinski definition) is 2. The van der Waals surface area contributed by atoms with Gasteiger partial charge < -0.3 is 15.4 Å². The third-order valence-corrected chi connectivity index (χ3v) is 4.08. The SMILES string of the molecule is Cn1ncc2cc(Nc3ncc(F)c(Nc4cccc(OC(F)(F)F)c4)n3)ccc21. The number of aryl methyl sites for hydroxylation is 1. The summed E-state index contributed by atoms with van der Waals surface area (Å²) in [5, 5.41) is 10.6. The Kier molecular flexibility index (Phi) is 4.86. The fourth-order valence-corrected chi connectivity index (χ4v) is 2.79. The van der Waals surface area contributed by atoms with Crippen LogP contribution in [0.15, 0.2) is 54.9 Å². The van der Waals surface area contributed by atoms with E-state index in [4.69, 9.17) is 0 Å². The molecule has 0 fully saturated rings. The summed E-state index contributed by atoms with van der Waals surface area (Å²) in [6.07, 6.45) is -2.17. The summed E-state index contributed by atoms with van der Waals surface area (Å²) in [5.41, 5.74) is 1.76. The zero-order chi connectivity index (χ0) is 21.3. The van der Waals surface area contributed by atoms with Gasteiger partial charge >= 0.3 is 6.36 Å². The van der Waals surface area contributed by atoms with Crippen molar-refractivity contribution in [2.24, 2.45) is 7.05 Å². The maximum absolute atomic E-state index is 14.1. The van der Waals surface area contributed by atoms with E-state index in [2.05, 4.69) is 30.4 Å². The van der Waals surface area contributed by atoms with Crippen molar-refractivity contribution in [2.75, 3.05) is 10.6 Å². The van der Waals surface area contributed by atoms with Crippen LogP contribution in [0.1, 0.15) is 0 Å². The van der Waals surface area contributed by atoms with Crippen LogP contribution in [0, 0.1) is 5.82 Å². The van der Waals surface area contributed by atoms with Gasteiger partial charge in [-0.15, -0.1) is 13.2 Å². The van der Waals surface area contributed by atoms with E-state index in [0.717, 1.165) is 29.2 Å². The second-order valence-corrected chi connectivity index (χ2v) is 6.26. The normalized spacial score (nSPS) is 11.5. The number of nitrogens with zero attached hydrogens (tertiary/aromatic N) is 4. The van der Waals surface area contributed by atoms with Gasteiger partial charge in [0.1, 0.15) is 5.75 Å². The molecule has 2 aromatic heterocycles. The summed E-state index contributed by atoms with van der Waals surface area (Å²) in [6.45, 7) is 0. The van der Waals surface area contributed by atoms with Crippen molar-refractivity contribution < 1.29 is 22.3 Å². The Morgan fingerprint density at radius 3 is 2.60 bits per heavy atom. The maximum Gasteiger partial charge on any atom is 0.573 e. The van der Waals surface area contributed by atoms with Gasteiger partial charge in [-0.25, -0.2) is 9.37 Å². The molecule has 154 valence electrons. The van der Waals surface area contributed by atoms with Crippen molar-refractivity contribution in [1.29, 1.82) is 0 Å². The zero-order valence-corrected chi connectivity index (χ0v) is 15.4. The molecule has 0 unspecified atom stereocenters. The summed E-state index contributed by atoms with van der Waals surface area (Å²) in [7, 11) is 1.82. The Hall–Kier alpha value is -3.89. The third kappa shape index (κ3) is 4.40. The highest BCUT2D eigenvalue weighted by Gasteiger charge is 2.31. The highest BCUT2D eigenvalue weighted by molar-refractivity contribution is 5.83. The van der Waals surface area contributed by atoms with Gasteiger partial charge in [0.25, 0.3) is 0 Å². The second-order valence-electron chi connectivity index (χ2n) is 6.26. The number of hydrogen-bond acceptors (Lipinski definition) is 6. The standard InChI is InChI=1S/C19H14F4N6O/c1-29-16-6-5-13(7-11(16)9-25-29)27-18-24-10-15(20)17(28-18)26-12-3-2-4-14(8-12)30-19(21,22)23/h2-10H,1H3,(H2,24,26,27,28). The molecule has 2 heterocycles. The van der Waals surface area contributed by atoms with Gasteiger partial charge in [-0.2, -0.15) is 10.1 Å². The number of alkyl halides is 3. The summed E-state index contributed by atoms with van der Waals surface area (Å²) in [6, 6.07) is 10.5. The summed E-state index contributed by atoms with van der Waals surface area (Å²) in [5.74, 6) is -1.32. The highest BCUT2D eigenvalue weighted by atomic mass is 19.4. The molecular weight excluding hydrogens is 404 g/mol. The van der Waals surface area contributed by atoms with Crippen LogP contribution in [0.3, 0.4) is 0 Å². The van der Waals surface area contributed by atoms with Crippen LogP contribution >= 0.6 is 0 Å². The number of aromatic nitrogens is 4. The molecule has 0 aliphatic heterocycles. The first-order valence-corrected chi connectivity index (χ1v) is 8.61. The average Bonchev–Trinajstić information content (AvgIpc) is 3.04. The topological polar surface area (TPSA) is 76.9 Å². The first-order valence-electron chi connectivity index (χ1n) is 8.61. The number of halogens is 4. The van der Waals surface area contributed by atoms with E-state index >= 15 is 0 Å². The van der Waals surface area contributed by atoms with Gasteiger partial charge in [-0.1, -0.05) is 6.07 Å². The summed E-state index contributed by atoms with van der Waals surface area (Å²) in [4.78, 5) is 7.96. The number of nitrogens with one attached hydrogen (secondary N) is 2. The number of rotatable bonds is 5. The smallest absolute Gasteiger partial charge is 0.406 e. The molecule has 0 saturated heterocycles. The van der Waals surface area contributed by atoms with Crippen molar-refractivity contribution in [2.45, 2.75) is 6.36 Å². The first kappa shape index (κ1) is 19.4. The van der Waals surface area contributed by atoms with E-state index in [1.165, 1.54) is 12.1 Å². The fraction of sp³-hybridized carbons (Fsp3) is 0.105. The number of fused-ring (bicyclic) bond motifs is 1. The molecule has 0 radical (unpaired) electrons. The molecule has 0 bridgehead atoms. The van der Waals surface area contributed by atoms with Crippen LogP contribution in [0.5, 0.6) is 5.75 Å². The lowest BCUT2D eigenvalue weighted by Crippen LogP contribution is -2.17. The van der Waals surface area contributed by atoms with E-state index in [9.17, 15) is 17.6 Å². The predicted octanol–water partition coefficient (Wildman–Crippen LogP) is 4.89. The first-order chi connectivity index (χ1) is 14.3. The Bertz CT molecular complexity index is 1210. The summed E-state index contributed by atoms with van der Waals surface area (Å²) < 4.78 is 56.9. The molecular formula is C19H14F4N6O. The van der Waals surface area contributed by atoms with Crippen molar-refractivity contribution in [3.8, 4) is 5.75 Å². The Morgan fingerprint density at radius 1 is 1.00 bits per heavy atom. The van der Waals surface area contributed by atoms with Gasteiger partial charge in [0.2, 0.25) is 5.95 Å². The quantitative estimate of drug-likeness (QED) is 0.450. The highest BCUT2D eigenvalue weighted by Crippen LogP contribution is 2.27. The molecule has 4 aromatic rings. The van der Waals surface area contributed by atoms with E-state index in [1.54, 1.807) is 16.9 Å². The lowest BCUT2D eigenvalue weighted by atomic mass is 10.2. The number of anilines is 4. The molecule has 0 amide bonds. The van der Waals surface area contributed by atoms with Crippen LogP contribution < -0.4 is 15.4 Å². The fourth-order valence-electron chi connectivity index (χ4n) is 2.79. The molecule has 0 saturated carbocycles. The van der Waals surface area contributed by atoms with Gasteiger partial charge in [-0.05, 0) is 30.3 Å². The van der Waals surface area contributed by atoms with Gasteiger partial charge in [0.05, 0.1) is 17.9 Å². The molecule has 2 N–H and O–H groups in total.